The lowest BCUT2D eigenvalue weighted by Gasteiger charge is -2.38. The third-order valence-corrected chi connectivity index (χ3v) is 10.8. The van der Waals surface area contributed by atoms with Crippen LogP contribution in [-0.2, 0) is 14.4 Å². The molecule has 2 bridgehead atoms. The third kappa shape index (κ3) is 5.04. The molecular weight excluding hydrogens is 534 g/mol. The molecule has 212 valence electrons. The van der Waals surface area contributed by atoms with Gasteiger partial charge in [0.15, 0.2) is 0 Å². The zero-order chi connectivity index (χ0) is 28.4. The molecule has 3 aliphatic heterocycles. The standard InChI is InChI=1S/C30H40ClN3O4S/c1-5-16-32(17-6-2)26(36)23-24-27(37)34(19-10-11-20-35)25(30(24)15-14-29(23,4)39-30)28(38)33(18-7-3)22-13-9-8-12-21(22)31/h5,7-9,12-13,23-25,35H,1,3,6,10-11,14-20H2,2,4H3/t23-,24+,25?,29+,30?/m1/s1. The number of fused-ring (bicyclic) bond motifs is 1. The van der Waals surface area contributed by atoms with Gasteiger partial charge in [0.2, 0.25) is 11.8 Å². The van der Waals surface area contributed by atoms with E-state index in [1.54, 1.807) is 45.8 Å². The Kier molecular flexibility index (Phi) is 9.19. The van der Waals surface area contributed by atoms with Crippen molar-refractivity contribution in [1.82, 2.24) is 9.80 Å². The molecule has 3 aliphatic rings. The summed E-state index contributed by atoms with van der Waals surface area (Å²) in [6.07, 6.45) is 6.74. The average Bonchev–Trinajstić information content (AvgIpc) is 3.48. The number of nitrogens with zero attached hydrogens (tertiary/aromatic N) is 3. The van der Waals surface area contributed by atoms with Gasteiger partial charge in [-0.05, 0) is 51.2 Å². The number of para-hydroxylation sites is 1. The van der Waals surface area contributed by atoms with Crippen molar-refractivity contribution in [3.8, 4) is 0 Å². The highest BCUT2D eigenvalue weighted by Crippen LogP contribution is 2.71. The molecule has 3 heterocycles. The molecule has 0 saturated carbocycles. The van der Waals surface area contributed by atoms with Gasteiger partial charge in [-0.15, -0.1) is 24.9 Å². The summed E-state index contributed by atoms with van der Waals surface area (Å²) in [7, 11) is 0. The van der Waals surface area contributed by atoms with E-state index in [4.69, 9.17) is 11.6 Å². The van der Waals surface area contributed by atoms with Gasteiger partial charge in [0.25, 0.3) is 5.91 Å². The van der Waals surface area contributed by atoms with E-state index < -0.39 is 27.4 Å². The fraction of sp³-hybridized carbons (Fsp3) is 0.567. The zero-order valence-corrected chi connectivity index (χ0v) is 24.6. The van der Waals surface area contributed by atoms with Crippen molar-refractivity contribution in [2.75, 3.05) is 37.7 Å². The number of halogens is 1. The van der Waals surface area contributed by atoms with E-state index in [1.165, 1.54) is 0 Å². The number of amides is 3. The van der Waals surface area contributed by atoms with Crippen LogP contribution in [0, 0.1) is 11.8 Å². The molecule has 4 rings (SSSR count). The van der Waals surface area contributed by atoms with Crippen LogP contribution in [0.15, 0.2) is 49.6 Å². The second-order valence-corrected chi connectivity index (χ2v) is 13.3. The zero-order valence-electron chi connectivity index (χ0n) is 23.0. The minimum Gasteiger partial charge on any atom is -0.396 e. The number of benzene rings is 1. The molecule has 39 heavy (non-hydrogen) atoms. The second kappa shape index (κ2) is 12.1. The first-order valence-corrected chi connectivity index (χ1v) is 15.1. The van der Waals surface area contributed by atoms with Crippen molar-refractivity contribution in [2.45, 2.75) is 61.5 Å². The van der Waals surface area contributed by atoms with Crippen LogP contribution in [-0.4, -0.2) is 80.9 Å². The van der Waals surface area contributed by atoms with Crippen molar-refractivity contribution < 1.29 is 19.5 Å². The summed E-state index contributed by atoms with van der Waals surface area (Å²) in [5.74, 6) is -1.46. The molecule has 1 N–H and O–H groups in total. The summed E-state index contributed by atoms with van der Waals surface area (Å²) in [6.45, 7) is 13.4. The van der Waals surface area contributed by atoms with E-state index in [1.807, 2.05) is 24.0 Å². The molecule has 0 aliphatic carbocycles. The minimum atomic E-state index is -0.742. The van der Waals surface area contributed by atoms with Gasteiger partial charge in [-0.1, -0.05) is 42.8 Å². The normalized spacial score (nSPS) is 28.9. The fourth-order valence-corrected chi connectivity index (χ4v) is 9.47. The summed E-state index contributed by atoms with van der Waals surface area (Å²) in [4.78, 5) is 48.1. The van der Waals surface area contributed by atoms with E-state index in [9.17, 15) is 19.5 Å². The van der Waals surface area contributed by atoms with Crippen molar-refractivity contribution in [3.63, 3.8) is 0 Å². The van der Waals surface area contributed by atoms with Crippen LogP contribution in [0.25, 0.3) is 0 Å². The number of aliphatic hydroxyl groups excluding tert-OH is 1. The van der Waals surface area contributed by atoms with Gasteiger partial charge in [0.1, 0.15) is 6.04 Å². The molecule has 1 aromatic carbocycles. The van der Waals surface area contributed by atoms with E-state index in [2.05, 4.69) is 20.1 Å². The molecule has 1 aromatic rings. The van der Waals surface area contributed by atoms with Crippen molar-refractivity contribution in [3.05, 3.63) is 54.6 Å². The monoisotopic (exact) mass is 573 g/mol. The number of unbranched alkanes of at least 4 members (excludes halogenated alkanes) is 1. The number of rotatable bonds is 13. The Morgan fingerprint density at radius 3 is 2.54 bits per heavy atom. The molecule has 0 aromatic heterocycles. The predicted octanol–water partition coefficient (Wildman–Crippen LogP) is 4.54. The van der Waals surface area contributed by atoms with Gasteiger partial charge in [-0.3, -0.25) is 14.4 Å². The largest absolute Gasteiger partial charge is 0.396 e. The molecule has 3 saturated heterocycles. The van der Waals surface area contributed by atoms with Gasteiger partial charge < -0.3 is 19.8 Å². The van der Waals surface area contributed by atoms with E-state index in [0.29, 0.717) is 49.6 Å². The molecule has 3 fully saturated rings. The van der Waals surface area contributed by atoms with Crippen LogP contribution >= 0.6 is 23.4 Å². The number of likely N-dealkylation sites (tertiary alicyclic amines) is 1. The van der Waals surface area contributed by atoms with Gasteiger partial charge in [0, 0.05) is 37.5 Å². The van der Waals surface area contributed by atoms with Crippen LogP contribution in [0.5, 0.6) is 0 Å². The predicted molar refractivity (Wildman–Crippen MR) is 158 cm³/mol. The Labute approximate surface area is 241 Å². The average molecular weight is 574 g/mol. The third-order valence-electron chi connectivity index (χ3n) is 8.46. The van der Waals surface area contributed by atoms with Crippen molar-refractivity contribution in [2.24, 2.45) is 11.8 Å². The summed E-state index contributed by atoms with van der Waals surface area (Å²) in [5.41, 5.74) is 0.572. The topological polar surface area (TPSA) is 81.2 Å². The Hall–Kier alpha value is -2.29. The molecule has 0 radical (unpaired) electrons. The van der Waals surface area contributed by atoms with E-state index in [-0.39, 0.29) is 30.9 Å². The van der Waals surface area contributed by atoms with Crippen LogP contribution in [0.4, 0.5) is 5.69 Å². The number of anilines is 1. The quantitative estimate of drug-likeness (QED) is 0.277. The van der Waals surface area contributed by atoms with Gasteiger partial charge in [-0.2, -0.15) is 0 Å². The van der Waals surface area contributed by atoms with E-state index in [0.717, 1.165) is 12.8 Å². The lowest BCUT2D eigenvalue weighted by atomic mass is 9.66. The molecule has 9 heteroatoms. The van der Waals surface area contributed by atoms with Crippen LogP contribution in [0.3, 0.4) is 0 Å². The smallest absolute Gasteiger partial charge is 0.251 e. The number of aliphatic hydroxyl groups is 1. The Morgan fingerprint density at radius 1 is 1.18 bits per heavy atom. The molecular formula is C30H40ClN3O4S. The number of thioether (sulfide) groups is 1. The summed E-state index contributed by atoms with van der Waals surface area (Å²) in [5, 5.41) is 9.87. The van der Waals surface area contributed by atoms with Crippen molar-refractivity contribution in [1.29, 1.82) is 0 Å². The Morgan fingerprint density at radius 2 is 1.90 bits per heavy atom. The SMILES string of the molecule is C=CCN(CCC)C(=O)[C@H]1[C@H]2C(=O)N(CCCCO)C(C(=O)N(CC=C)c3ccccc3Cl)C23CC[C@]1(C)S3. The van der Waals surface area contributed by atoms with Crippen LogP contribution < -0.4 is 4.90 Å². The maximum atomic E-state index is 14.6. The molecule has 3 amide bonds. The van der Waals surface area contributed by atoms with Crippen LogP contribution in [0.2, 0.25) is 5.02 Å². The maximum absolute atomic E-state index is 14.6. The highest BCUT2D eigenvalue weighted by atomic mass is 35.5. The lowest BCUT2D eigenvalue weighted by molar-refractivity contribution is -0.145. The maximum Gasteiger partial charge on any atom is 0.251 e. The number of carbonyl (C=O) groups excluding carboxylic acids is 3. The summed E-state index contributed by atoms with van der Waals surface area (Å²) in [6, 6.07) is 6.45. The number of hydrogen-bond donors (Lipinski definition) is 1. The molecule has 7 nitrogen and oxygen atoms in total. The fourth-order valence-electron chi connectivity index (χ4n) is 6.88. The van der Waals surface area contributed by atoms with Crippen LogP contribution in [0.1, 0.15) is 46.0 Å². The first-order valence-electron chi connectivity index (χ1n) is 13.9. The molecule has 1 spiro atoms. The molecule has 5 atom stereocenters. The second-order valence-electron chi connectivity index (χ2n) is 11.0. The first kappa shape index (κ1) is 29.7. The summed E-state index contributed by atoms with van der Waals surface area (Å²) >= 11 is 8.21. The summed E-state index contributed by atoms with van der Waals surface area (Å²) < 4.78 is -1.15. The van der Waals surface area contributed by atoms with Crippen molar-refractivity contribution >= 4 is 46.8 Å². The van der Waals surface area contributed by atoms with Gasteiger partial charge in [0.05, 0.1) is 27.3 Å². The van der Waals surface area contributed by atoms with Gasteiger partial charge >= 0.3 is 0 Å². The van der Waals surface area contributed by atoms with Gasteiger partial charge in [-0.25, -0.2) is 0 Å². The highest BCUT2D eigenvalue weighted by Gasteiger charge is 2.77. The molecule has 2 unspecified atom stereocenters. The Bertz CT molecular complexity index is 1130. The number of hydrogen-bond acceptors (Lipinski definition) is 5. The number of carbonyl (C=O) groups is 3. The lowest BCUT2D eigenvalue weighted by Crippen LogP contribution is -2.55. The Balaban J connectivity index is 1.79. The first-order chi connectivity index (χ1) is 18.7. The highest BCUT2D eigenvalue weighted by molar-refractivity contribution is 8.02. The minimum absolute atomic E-state index is 0.0128. The van der Waals surface area contributed by atoms with E-state index >= 15 is 0 Å².